The van der Waals surface area contributed by atoms with Crippen LogP contribution in [0.2, 0.25) is 0 Å². The molecule has 1 aromatic carbocycles. The predicted octanol–water partition coefficient (Wildman–Crippen LogP) is 1.53. The highest BCUT2D eigenvalue weighted by molar-refractivity contribution is 6.20. The van der Waals surface area contributed by atoms with Crippen molar-refractivity contribution in [2.24, 2.45) is 0 Å². The van der Waals surface area contributed by atoms with E-state index >= 15 is 0 Å². The van der Waals surface area contributed by atoms with E-state index in [0.717, 1.165) is 0 Å². The van der Waals surface area contributed by atoms with Gasteiger partial charge in [-0.1, -0.05) is 35.9 Å². The van der Waals surface area contributed by atoms with E-state index in [1.165, 1.54) is 0 Å². The van der Waals surface area contributed by atoms with Crippen LogP contribution >= 0.6 is 11.6 Å². The molecule has 0 spiro atoms. The molecule has 1 N–H and O–H groups in total. The lowest BCUT2D eigenvalue weighted by Gasteiger charge is -2.05. The van der Waals surface area contributed by atoms with Gasteiger partial charge in [-0.25, -0.2) is 10.2 Å². The molecule has 14 heavy (non-hydrogen) atoms. The van der Waals surface area contributed by atoms with Crippen molar-refractivity contribution in [1.29, 1.82) is 0 Å². The van der Waals surface area contributed by atoms with Crippen molar-refractivity contribution in [2.75, 3.05) is 0 Å². The molecule has 0 aliphatic heterocycles. The van der Waals surface area contributed by atoms with Crippen LogP contribution in [0.4, 0.5) is 0 Å². The minimum absolute atomic E-state index is 0.446. The fourth-order valence-electron chi connectivity index (χ4n) is 1.18. The summed E-state index contributed by atoms with van der Waals surface area (Å²) in [5, 5.41) is 24.3. The van der Waals surface area contributed by atoms with E-state index in [9.17, 15) is 5.11 Å². The normalized spacial score (nSPS) is 12.7. The van der Waals surface area contributed by atoms with E-state index in [0.29, 0.717) is 17.0 Å². The summed E-state index contributed by atoms with van der Waals surface area (Å²) in [5.41, 5.74) is -0.212. The first-order valence-corrected chi connectivity index (χ1v) is 4.35. The van der Waals surface area contributed by atoms with Gasteiger partial charge in [-0.3, -0.25) is 0 Å². The maximum atomic E-state index is 11.1. The van der Waals surface area contributed by atoms with Gasteiger partial charge in [-0.15, -0.1) is 5.10 Å². The Hall–Kier alpha value is -1.46. The number of tetrazole rings is 1. The average Bonchev–Trinajstić information content (AvgIpc) is 2.70. The third kappa shape index (κ3) is 1.59. The Kier molecular flexibility index (Phi) is 2.43. The molecule has 1 atom stereocenters. The summed E-state index contributed by atoms with van der Waals surface area (Å²) in [7, 11) is 0. The SMILES string of the molecule is [O]C(Cl)c1ccccc1-c1nnn[nH]1. The minimum atomic E-state index is -1.31. The van der Waals surface area contributed by atoms with Crippen molar-refractivity contribution >= 4 is 11.6 Å². The Bertz CT molecular complexity index is 415. The zero-order chi connectivity index (χ0) is 9.97. The summed E-state index contributed by atoms with van der Waals surface area (Å²) in [6.07, 6.45) is 0. The van der Waals surface area contributed by atoms with E-state index in [4.69, 9.17) is 11.6 Å². The molecule has 0 saturated heterocycles. The first kappa shape index (κ1) is 9.11. The fourth-order valence-corrected chi connectivity index (χ4v) is 1.37. The van der Waals surface area contributed by atoms with Gasteiger partial charge in [-0.2, -0.15) is 0 Å². The number of H-pyrrole nitrogens is 1. The zero-order valence-electron chi connectivity index (χ0n) is 7.01. The van der Waals surface area contributed by atoms with E-state index in [2.05, 4.69) is 20.6 Å². The van der Waals surface area contributed by atoms with Crippen LogP contribution in [0.25, 0.3) is 11.4 Å². The van der Waals surface area contributed by atoms with Crippen molar-refractivity contribution < 1.29 is 5.11 Å². The van der Waals surface area contributed by atoms with Gasteiger partial charge in [0.05, 0.1) is 0 Å². The molecule has 0 aliphatic rings. The van der Waals surface area contributed by atoms with Gasteiger partial charge < -0.3 is 0 Å². The van der Waals surface area contributed by atoms with Crippen LogP contribution in [0.3, 0.4) is 0 Å². The number of alkyl halides is 1. The molecule has 6 heteroatoms. The van der Waals surface area contributed by atoms with Crippen LogP contribution in [0, 0.1) is 0 Å². The highest BCUT2D eigenvalue weighted by Crippen LogP contribution is 2.27. The van der Waals surface area contributed by atoms with Crippen LogP contribution in [0.5, 0.6) is 0 Å². The van der Waals surface area contributed by atoms with Gasteiger partial charge in [0.25, 0.3) is 0 Å². The van der Waals surface area contributed by atoms with Gasteiger partial charge in [0.1, 0.15) is 0 Å². The Morgan fingerprint density at radius 2 is 2.14 bits per heavy atom. The molecule has 5 nitrogen and oxygen atoms in total. The second-order valence-electron chi connectivity index (χ2n) is 2.65. The lowest BCUT2D eigenvalue weighted by Crippen LogP contribution is -1.92. The second-order valence-corrected chi connectivity index (χ2v) is 3.05. The number of aromatic amines is 1. The Balaban J connectivity index is 2.53. The van der Waals surface area contributed by atoms with E-state index in [1.54, 1.807) is 24.3 Å². The van der Waals surface area contributed by atoms with Gasteiger partial charge in [0.2, 0.25) is 0 Å². The summed E-state index contributed by atoms with van der Waals surface area (Å²) in [6.45, 7) is 0. The molecule has 2 rings (SSSR count). The minimum Gasteiger partial charge on any atom is -0.239 e. The summed E-state index contributed by atoms with van der Waals surface area (Å²) >= 11 is 5.49. The second kappa shape index (κ2) is 3.73. The number of halogens is 1. The maximum absolute atomic E-state index is 11.1. The number of rotatable bonds is 2. The van der Waals surface area contributed by atoms with Crippen molar-refractivity contribution in [3.05, 3.63) is 29.8 Å². The fraction of sp³-hybridized carbons (Fsp3) is 0.125. The van der Waals surface area contributed by atoms with Crippen molar-refractivity contribution in [1.82, 2.24) is 20.6 Å². The highest BCUT2D eigenvalue weighted by Gasteiger charge is 2.13. The first-order chi connectivity index (χ1) is 6.79. The van der Waals surface area contributed by atoms with Crippen molar-refractivity contribution in [3.8, 4) is 11.4 Å². The standard InChI is InChI=1S/C8H6ClN4O/c9-7(14)5-3-1-2-4-6(5)8-10-12-13-11-8/h1-4,7H,(H,10,11,12,13). The lowest BCUT2D eigenvalue weighted by molar-refractivity contribution is 0.161. The predicted molar refractivity (Wildman–Crippen MR) is 48.9 cm³/mol. The highest BCUT2D eigenvalue weighted by atomic mass is 35.5. The van der Waals surface area contributed by atoms with Gasteiger partial charge in [-0.05, 0) is 10.4 Å². The number of hydrogen-bond acceptors (Lipinski definition) is 3. The summed E-state index contributed by atoms with van der Waals surface area (Å²) in [4.78, 5) is 0. The van der Waals surface area contributed by atoms with Crippen LogP contribution in [0.15, 0.2) is 24.3 Å². The van der Waals surface area contributed by atoms with Crippen LogP contribution in [-0.2, 0) is 5.11 Å². The molecular formula is C8H6ClN4O. The zero-order valence-corrected chi connectivity index (χ0v) is 7.77. The molecule has 2 aromatic rings. The largest absolute Gasteiger partial charge is 0.239 e. The van der Waals surface area contributed by atoms with E-state index < -0.39 is 5.56 Å². The Labute approximate surface area is 84.7 Å². The quantitative estimate of drug-likeness (QED) is 0.763. The summed E-state index contributed by atoms with van der Waals surface area (Å²) in [5.74, 6) is 0.446. The maximum Gasteiger partial charge on any atom is 0.192 e. The first-order valence-electron chi connectivity index (χ1n) is 3.92. The molecule has 1 unspecified atom stereocenters. The molecular weight excluding hydrogens is 204 g/mol. The molecule has 0 saturated carbocycles. The third-order valence-corrected chi connectivity index (χ3v) is 2.04. The third-order valence-electron chi connectivity index (χ3n) is 1.81. The van der Waals surface area contributed by atoms with E-state index in [-0.39, 0.29) is 0 Å². The monoisotopic (exact) mass is 209 g/mol. The van der Waals surface area contributed by atoms with Crippen molar-refractivity contribution in [2.45, 2.75) is 5.56 Å². The van der Waals surface area contributed by atoms with Crippen LogP contribution in [0.1, 0.15) is 11.1 Å². The summed E-state index contributed by atoms with van der Waals surface area (Å²) in [6, 6.07) is 6.93. The number of nitrogens with zero attached hydrogens (tertiary/aromatic N) is 3. The number of benzene rings is 1. The van der Waals surface area contributed by atoms with Crippen molar-refractivity contribution in [3.63, 3.8) is 0 Å². The average molecular weight is 210 g/mol. The molecule has 0 amide bonds. The van der Waals surface area contributed by atoms with E-state index in [1.807, 2.05) is 0 Å². The number of hydrogen-bond donors (Lipinski definition) is 1. The molecule has 0 fully saturated rings. The van der Waals surface area contributed by atoms with Crippen LogP contribution in [-0.4, -0.2) is 20.6 Å². The lowest BCUT2D eigenvalue weighted by atomic mass is 10.1. The Morgan fingerprint density at radius 3 is 2.79 bits per heavy atom. The summed E-state index contributed by atoms with van der Waals surface area (Å²) < 4.78 is 0. The topological polar surface area (TPSA) is 74.4 Å². The van der Waals surface area contributed by atoms with Gasteiger partial charge in [0.15, 0.2) is 11.4 Å². The molecule has 1 aromatic heterocycles. The van der Waals surface area contributed by atoms with Gasteiger partial charge >= 0.3 is 0 Å². The molecule has 1 radical (unpaired) electrons. The molecule has 0 aliphatic carbocycles. The van der Waals surface area contributed by atoms with Crippen LogP contribution < -0.4 is 0 Å². The molecule has 0 bridgehead atoms. The Morgan fingerprint density at radius 1 is 1.36 bits per heavy atom. The smallest absolute Gasteiger partial charge is 0.192 e. The number of aromatic nitrogens is 4. The van der Waals surface area contributed by atoms with Gasteiger partial charge in [0, 0.05) is 11.1 Å². The molecule has 71 valence electrons. The number of nitrogens with one attached hydrogen (secondary N) is 1. The molecule has 1 heterocycles.